The Morgan fingerprint density at radius 3 is 1.83 bits per heavy atom. The number of hydrogen-bond donors (Lipinski definition) is 0. The Morgan fingerprint density at radius 1 is 0.857 bits per heavy atom. The Labute approximate surface area is 223 Å². The molecule has 0 N–H and O–H groups in total. The minimum Gasteiger partial charge on any atom is -0.465 e. The van der Waals surface area contributed by atoms with E-state index in [0.29, 0.717) is 6.54 Å². The van der Waals surface area contributed by atoms with Crippen LogP contribution in [0.25, 0.3) is 0 Å². The lowest BCUT2D eigenvalue weighted by Crippen LogP contribution is -2.42. The lowest BCUT2D eigenvalue weighted by Gasteiger charge is -2.25. The molecule has 0 fully saturated rings. The largest absolute Gasteiger partial charge is 0.465 e. The van der Waals surface area contributed by atoms with Crippen LogP contribution < -0.4 is 4.90 Å². The van der Waals surface area contributed by atoms with Crippen LogP contribution >= 0.6 is 22.6 Å². The molecule has 1 amide bonds. The Hall–Kier alpha value is -2.56. The molecule has 0 aliphatic carbocycles. The average Bonchev–Trinajstić information content (AvgIpc) is 2.83. The summed E-state index contributed by atoms with van der Waals surface area (Å²) in [5.74, 6) is 10.3. The van der Waals surface area contributed by atoms with Gasteiger partial charge in [-0.05, 0) is 61.7 Å². The molecule has 0 unspecified atom stereocenters. The van der Waals surface area contributed by atoms with Gasteiger partial charge in [-0.3, -0.25) is 24.2 Å². The molecular formula is C27H35IN2O5. The van der Waals surface area contributed by atoms with Crippen molar-refractivity contribution >= 4 is 46.1 Å². The van der Waals surface area contributed by atoms with Crippen LogP contribution in [0.15, 0.2) is 24.3 Å². The Bertz CT molecular complexity index is 965. The van der Waals surface area contributed by atoms with Crippen molar-refractivity contribution in [1.29, 1.82) is 0 Å². The first kappa shape index (κ1) is 30.5. The van der Waals surface area contributed by atoms with Crippen LogP contribution in [0, 0.1) is 32.7 Å². The molecule has 35 heavy (non-hydrogen) atoms. The standard InChI is InChI=1S/C27H35IN2O5/c1-6-29(7-2)20-14-12-18-27(25(32)34-8-3,26(33)35-9-4)19-13-15-21-30(22(5)31)24-17-11-10-16-23(24)28/h10-11,16-17H,6-9,18-21H2,1-5H3. The van der Waals surface area contributed by atoms with Gasteiger partial charge < -0.3 is 9.47 Å². The van der Waals surface area contributed by atoms with Crippen LogP contribution in [0.3, 0.4) is 0 Å². The predicted octanol–water partition coefficient (Wildman–Crippen LogP) is 3.89. The van der Waals surface area contributed by atoms with Crippen molar-refractivity contribution in [3.05, 3.63) is 27.8 Å². The van der Waals surface area contributed by atoms with E-state index in [4.69, 9.17) is 9.47 Å². The second-order valence-corrected chi connectivity index (χ2v) is 8.76. The van der Waals surface area contributed by atoms with Gasteiger partial charge in [-0.2, -0.15) is 0 Å². The maximum absolute atomic E-state index is 13.0. The minimum absolute atomic E-state index is 0.0619. The van der Waals surface area contributed by atoms with Gasteiger partial charge in [0, 0.05) is 23.3 Å². The zero-order valence-corrected chi connectivity index (χ0v) is 23.4. The SMILES string of the molecule is CCOC(=O)C(CC#CCN(CC)CC)(CC#CCN(C(C)=O)c1ccccc1I)C(=O)OCC. The zero-order valence-electron chi connectivity index (χ0n) is 21.3. The van der Waals surface area contributed by atoms with Crippen molar-refractivity contribution in [1.82, 2.24) is 4.90 Å². The molecule has 0 atom stereocenters. The van der Waals surface area contributed by atoms with Gasteiger partial charge >= 0.3 is 11.9 Å². The van der Waals surface area contributed by atoms with Crippen molar-refractivity contribution < 1.29 is 23.9 Å². The van der Waals surface area contributed by atoms with Gasteiger partial charge in [0.15, 0.2) is 5.41 Å². The summed E-state index contributed by atoms with van der Waals surface area (Å²) in [6, 6.07) is 7.49. The van der Waals surface area contributed by atoms with E-state index in [0.717, 1.165) is 22.3 Å². The highest BCUT2D eigenvalue weighted by Crippen LogP contribution is 2.30. The summed E-state index contributed by atoms with van der Waals surface area (Å²) in [5, 5.41) is 0. The van der Waals surface area contributed by atoms with Crippen molar-refractivity contribution in [2.75, 3.05) is 44.3 Å². The number of nitrogens with zero attached hydrogens (tertiary/aromatic N) is 2. The molecule has 0 radical (unpaired) electrons. The molecular weight excluding hydrogens is 559 g/mol. The molecule has 0 aromatic heterocycles. The fraction of sp³-hybridized carbons (Fsp3) is 0.519. The number of rotatable bonds is 11. The number of para-hydroxylation sites is 1. The van der Waals surface area contributed by atoms with Gasteiger partial charge in [-0.15, -0.1) is 5.92 Å². The van der Waals surface area contributed by atoms with Gasteiger partial charge in [0.05, 0.1) is 32.0 Å². The molecule has 1 rings (SSSR count). The van der Waals surface area contributed by atoms with E-state index in [1.54, 1.807) is 18.7 Å². The summed E-state index contributed by atoms with van der Waals surface area (Å²) in [7, 11) is 0. The summed E-state index contributed by atoms with van der Waals surface area (Å²) in [4.78, 5) is 41.9. The maximum Gasteiger partial charge on any atom is 0.325 e. The van der Waals surface area contributed by atoms with Gasteiger partial charge in [0.1, 0.15) is 0 Å². The quantitative estimate of drug-likeness (QED) is 0.168. The molecule has 1 aromatic rings. The topological polar surface area (TPSA) is 76.2 Å². The molecule has 0 aliphatic rings. The number of halogens is 1. The highest BCUT2D eigenvalue weighted by molar-refractivity contribution is 14.1. The lowest BCUT2D eigenvalue weighted by molar-refractivity contribution is -0.171. The summed E-state index contributed by atoms with van der Waals surface area (Å²) in [5.41, 5.74) is -0.906. The molecule has 0 spiro atoms. The van der Waals surface area contributed by atoms with Crippen LogP contribution in [0.4, 0.5) is 5.69 Å². The van der Waals surface area contributed by atoms with Gasteiger partial charge in [-0.1, -0.05) is 43.7 Å². The third kappa shape index (κ3) is 9.19. The van der Waals surface area contributed by atoms with E-state index >= 15 is 0 Å². The smallest absolute Gasteiger partial charge is 0.325 e. The highest BCUT2D eigenvalue weighted by atomic mass is 127. The average molecular weight is 594 g/mol. The summed E-state index contributed by atoms with van der Waals surface area (Å²) in [6.45, 7) is 11.5. The first-order chi connectivity index (χ1) is 16.8. The van der Waals surface area contributed by atoms with Crippen molar-refractivity contribution in [3.63, 3.8) is 0 Å². The third-order valence-electron chi connectivity index (χ3n) is 5.32. The summed E-state index contributed by atoms with van der Waals surface area (Å²) >= 11 is 2.16. The monoisotopic (exact) mass is 594 g/mol. The predicted molar refractivity (Wildman–Crippen MR) is 145 cm³/mol. The van der Waals surface area contributed by atoms with Crippen molar-refractivity contribution in [2.24, 2.45) is 5.41 Å². The second-order valence-electron chi connectivity index (χ2n) is 7.60. The number of hydrogen-bond acceptors (Lipinski definition) is 6. The Balaban J connectivity index is 3.23. The highest BCUT2D eigenvalue weighted by Gasteiger charge is 2.48. The van der Waals surface area contributed by atoms with E-state index < -0.39 is 17.4 Å². The molecule has 0 bridgehead atoms. The Kier molecular flexibility index (Phi) is 14.1. The van der Waals surface area contributed by atoms with Crippen molar-refractivity contribution in [3.8, 4) is 23.7 Å². The molecule has 8 heteroatoms. The van der Waals surface area contributed by atoms with Gasteiger partial charge in [-0.25, -0.2) is 0 Å². The second kappa shape index (κ2) is 16.2. The molecule has 0 saturated heterocycles. The summed E-state index contributed by atoms with van der Waals surface area (Å²) < 4.78 is 11.4. The van der Waals surface area contributed by atoms with Crippen LogP contribution in [0.5, 0.6) is 0 Å². The first-order valence-electron chi connectivity index (χ1n) is 11.8. The molecule has 0 heterocycles. The van der Waals surface area contributed by atoms with E-state index in [1.807, 2.05) is 38.1 Å². The van der Waals surface area contributed by atoms with Crippen LogP contribution in [-0.2, 0) is 23.9 Å². The molecule has 7 nitrogen and oxygen atoms in total. The number of carbonyl (C=O) groups is 3. The van der Waals surface area contributed by atoms with Crippen LogP contribution in [-0.4, -0.2) is 62.1 Å². The van der Waals surface area contributed by atoms with E-state index in [-0.39, 0.29) is 38.5 Å². The molecule has 190 valence electrons. The minimum atomic E-state index is -1.66. The fourth-order valence-corrected chi connectivity index (χ4v) is 3.86. The lowest BCUT2D eigenvalue weighted by atomic mass is 9.81. The fourth-order valence-electron chi connectivity index (χ4n) is 3.19. The van der Waals surface area contributed by atoms with E-state index in [9.17, 15) is 14.4 Å². The maximum atomic E-state index is 13.0. The zero-order chi connectivity index (χ0) is 26.3. The number of benzene rings is 1. The number of amides is 1. The van der Waals surface area contributed by atoms with Crippen LogP contribution in [0.1, 0.15) is 47.5 Å². The molecule has 0 aliphatic heterocycles. The normalized spacial score (nSPS) is 10.5. The van der Waals surface area contributed by atoms with Gasteiger partial charge in [0.2, 0.25) is 5.91 Å². The number of esters is 2. The molecule has 0 saturated carbocycles. The number of anilines is 1. The molecule has 1 aromatic carbocycles. The van der Waals surface area contributed by atoms with Gasteiger partial charge in [0.25, 0.3) is 0 Å². The third-order valence-corrected chi connectivity index (χ3v) is 6.23. The number of ether oxygens (including phenoxy) is 2. The Morgan fingerprint density at radius 2 is 1.37 bits per heavy atom. The number of carbonyl (C=O) groups excluding carboxylic acids is 3. The van der Waals surface area contributed by atoms with Crippen molar-refractivity contribution in [2.45, 2.75) is 47.5 Å². The van der Waals surface area contributed by atoms with Crippen LogP contribution in [0.2, 0.25) is 0 Å². The first-order valence-corrected chi connectivity index (χ1v) is 12.9. The van der Waals surface area contributed by atoms with E-state index in [1.165, 1.54) is 6.92 Å². The summed E-state index contributed by atoms with van der Waals surface area (Å²) in [6.07, 6.45) is -0.185. The van der Waals surface area contributed by atoms with E-state index in [2.05, 4.69) is 51.2 Å².